The summed E-state index contributed by atoms with van der Waals surface area (Å²) in [7, 11) is 0. The molecule has 2 aromatic carbocycles. The van der Waals surface area contributed by atoms with E-state index in [0.717, 1.165) is 11.1 Å². The summed E-state index contributed by atoms with van der Waals surface area (Å²) >= 11 is 0. The molecule has 26 heavy (non-hydrogen) atoms. The molecule has 3 N–H and O–H groups in total. The van der Waals surface area contributed by atoms with E-state index in [2.05, 4.69) is 5.32 Å². The molecule has 0 spiro atoms. The van der Waals surface area contributed by atoms with Gasteiger partial charge in [0.05, 0.1) is 0 Å². The second kappa shape index (κ2) is 10.3. The van der Waals surface area contributed by atoms with Crippen molar-refractivity contribution < 1.29 is 14.3 Å². The second-order valence-corrected chi connectivity index (χ2v) is 6.54. The van der Waals surface area contributed by atoms with Crippen LogP contribution in [0.3, 0.4) is 0 Å². The lowest BCUT2D eigenvalue weighted by Crippen LogP contribution is -2.32. The topological polar surface area (TPSA) is 73.6 Å². The molecule has 0 radical (unpaired) electrons. The Labute approximate surface area is 156 Å². The van der Waals surface area contributed by atoms with Crippen molar-refractivity contribution >= 4 is 11.8 Å². The van der Waals surface area contributed by atoms with E-state index in [1.165, 1.54) is 0 Å². The van der Waals surface area contributed by atoms with Crippen LogP contribution in [0.1, 0.15) is 45.7 Å². The summed E-state index contributed by atoms with van der Waals surface area (Å²) in [6.45, 7) is 10.2. The minimum absolute atomic E-state index is 0.321. The number of carbonyl (C=O) groups excluding carboxylic acids is 1. The molecule has 0 aliphatic rings. The molecule has 5 heteroatoms. The predicted molar refractivity (Wildman–Crippen MR) is 106 cm³/mol. The molecule has 0 unspecified atom stereocenters. The number of hydrogen-bond acceptors (Lipinski definition) is 4. The number of benzene rings is 2. The summed E-state index contributed by atoms with van der Waals surface area (Å²) in [5, 5.41) is 2.71. The van der Waals surface area contributed by atoms with Crippen molar-refractivity contribution in [1.82, 2.24) is 5.32 Å². The summed E-state index contributed by atoms with van der Waals surface area (Å²) in [4.78, 5) is 11.7. The molecule has 2 rings (SSSR count). The van der Waals surface area contributed by atoms with Crippen molar-refractivity contribution in [3.05, 3.63) is 59.7 Å². The third-order valence-corrected chi connectivity index (χ3v) is 3.07. The SMILES string of the molecule is CC.CC(C)(C)OC(=O)NCc1cc(N)cc(OCc2ccccc2)c1. The monoisotopic (exact) mass is 358 g/mol. The fourth-order valence-electron chi connectivity index (χ4n) is 2.10. The lowest BCUT2D eigenvalue weighted by atomic mass is 10.2. The smallest absolute Gasteiger partial charge is 0.407 e. The first-order valence-corrected chi connectivity index (χ1v) is 8.85. The number of carbonyl (C=O) groups is 1. The van der Waals surface area contributed by atoms with Gasteiger partial charge in [-0.1, -0.05) is 44.2 Å². The summed E-state index contributed by atoms with van der Waals surface area (Å²) < 4.78 is 11.0. The number of hydrogen-bond donors (Lipinski definition) is 2. The van der Waals surface area contributed by atoms with Crippen LogP contribution in [0.2, 0.25) is 0 Å². The maximum Gasteiger partial charge on any atom is 0.407 e. The van der Waals surface area contributed by atoms with Gasteiger partial charge in [0.15, 0.2) is 0 Å². The van der Waals surface area contributed by atoms with E-state index in [1.54, 1.807) is 12.1 Å². The minimum Gasteiger partial charge on any atom is -0.489 e. The number of nitrogens with two attached hydrogens (primary N) is 1. The maximum atomic E-state index is 11.7. The highest BCUT2D eigenvalue weighted by Crippen LogP contribution is 2.20. The number of nitrogens with one attached hydrogen (secondary N) is 1. The van der Waals surface area contributed by atoms with Gasteiger partial charge in [0.2, 0.25) is 0 Å². The van der Waals surface area contributed by atoms with Crippen molar-refractivity contribution in [3.63, 3.8) is 0 Å². The van der Waals surface area contributed by atoms with Crippen LogP contribution in [0.5, 0.6) is 5.75 Å². The van der Waals surface area contributed by atoms with E-state index < -0.39 is 11.7 Å². The standard InChI is InChI=1S/C19H24N2O3.C2H6/c1-19(2,3)24-18(22)21-12-15-9-16(20)11-17(10-15)23-13-14-7-5-4-6-8-14;1-2/h4-11H,12-13,20H2,1-3H3,(H,21,22);1-2H3. The van der Waals surface area contributed by atoms with E-state index in [4.69, 9.17) is 15.2 Å². The van der Waals surface area contributed by atoms with Crippen molar-refractivity contribution in [1.29, 1.82) is 0 Å². The highest BCUT2D eigenvalue weighted by Gasteiger charge is 2.15. The third kappa shape index (κ3) is 8.42. The zero-order chi connectivity index (χ0) is 19.6. The highest BCUT2D eigenvalue weighted by atomic mass is 16.6. The highest BCUT2D eigenvalue weighted by molar-refractivity contribution is 5.67. The fraction of sp³-hybridized carbons (Fsp3) is 0.381. The van der Waals surface area contributed by atoms with E-state index in [9.17, 15) is 4.79 Å². The van der Waals surface area contributed by atoms with Crippen LogP contribution in [0.15, 0.2) is 48.5 Å². The molecule has 0 atom stereocenters. The number of nitrogen functional groups attached to an aromatic ring is 1. The van der Waals surface area contributed by atoms with Crippen LogP contribution < -0.4 is 15.8 Å². The van der Waals surface area contributed by atoms with Gasteiger partial charge in [-0.15, -0.1) is 0 Å². The zero-order valence-electron chi connectivity index (χ0n) is 16.3. The number of ether oxygens (including phenoxy) is 2. The summed E-state index contributed by atoms with van der Waals surface area (Å²) in [5.41, 5.74) is 7.90. The van der Waals surface area contributed by atoms with Crippen LogP contribution in [0, 0.1) is 0 Å². The Kier molecular flexibility index (Phi) is 8.49. The van der Waals surface area contributed by atoms with E-state index in [0.29, 0.717) is 24.6 Å². The first-order chi connectivity index (χ1) is 12.3. The van der Waals surface area contributed by atoms with Gasteiger partial charge < -0.3 is 20.5 Å². The molecular weight excluding hydrogens is 328 g/mol. The third-order valence-electron chi connectivity index (χ3n) is 3.07. The van der Waals surface area contributed by atoms with Gasteiger partial charge in [-0.2, -0.15) is 0 Å². The molecule has 1 amide bonds. The Bertz CT molecular complexity index is 679. The quantitative estimate of drug-likeness (QED) is 0.746. The van der Waals surface area contributed by atoms with Crippen LogP contribution >= 0.6 is 0 Å². The van der Waals surface area contributed by atoms with Crippen molar-refractivity contribution in [2.75, 3.05) is 5.73 Å². The number of amides is 1. The van der Waals surface area contributed by atoms with Crippen LogP contribution in [-0.4, -0.2) is 11.7 Å². The van der Waals surface area contributed by atoms with Crippen molar-refractivity contribution in [2.45, 2.75) is 53.4 Å². The zero-order valence-corrected chi connectivity index (χ0v) is 16.3. The molecule has 0 saturated heterocycles. The molecule has 2 aromatic rings. The van der Waals surface area contributed by atoms with Crippen LogP contribution in [-0.2, 0) is 17.9 Å². The summed E-state index contributed by atoms with van der Waals surface area (Å²) in [5.74, 6) is 0.667. The first kappa shape index (κ1) is 21.4. The Morgan fingerprint density at radius 2 is 1.69 bits per heavy atom. The van der Waals surface area contributed by atoms with Crippen LogP contribution in [0.4, 0.5) is 10.5 Å². The molecule has 0 fully saturated rings. The molecule has 0 aliphatic heterocycles. The largest absolute Gasteiger partial charge is 0.489 e. The van der Waals surface area contributed by atoms with Gasteiger partial charge >= 0.3 is 6.09 Å². The fourth-order valence-corrected chi connectivity index (χ4v) is 2.10. The molecule has 142 valence electrons. The van der Waals surface area contributed by atoms with Gasteiger partial charge in [-0.05, 0) is 44.0 Å². The van der Waals surface area contributed by atoms with Crippen molar-refractivity contribution in [2.24, 2.45) is 0 Å². The molecule has 0 aliphatic carbocycles. The molecular formula is C21H30N2O3. The van der Waals surface area contributed by atoms with E-state index in [1.807, 2.05) is 71.0 Å². The Morgan fingerprint density at radius 3 is 2.31 bits per heavy atom. The van der Waals surface area contributed by atoms with Gasteiger partial charge in [0, 0.05) is 18.3 Å². The number of rotatable bonds is 5. The number of alkyl carbamates (subject to hydrolysis) is 1. The average Bonchev–Trinajstić information content (AvgIpc) is 2.59. The van der Waals surface area contributed by atoms with Gasteiger partial charge in [-0.25, -0.2) is 4.79 Å². The predicted octanol–water partition coefficient (Wildman–Crippen LogP) is 4.90. The molecule has 0 heterocycles. The molecule has 5 nitrogen and oxygen atoms in total. The average molecular weight is 358 g/mol. The first-order valence-electron chi connectivity index (χ1n) is 8.85. The molecule has 0 saturated carbocycles. The number of anilines is 1. The Morgan fingerprint density at radius 1 is 1.04 bits per heavy atom. The minimum atomic E-state index is -0.524. The lowest BCUT2D eigenvalue weighted by Gasteiger charge is -2.19. The normalized spacial score (nSPS) is 10.3. The Hall–Kier alpha value is -2.69. The molecule has 0 bridgehead atoms. The van der Waals surface area contributed by atoms with Crippen molar-refractivity contribution in [3.8, 4) is 5.75 Å². The maximum absolute atomic E-state index is 11.7. The second-order valence-electron chi connectivity index (χ2n) is 6.54. The van der Waals surface area contributed by atoms with Gasteiger partial charge in [0.25, 0.3) is 0 Å². The Balaban J connectivity index is 0.00000163. The van der Waals surface area contributed by atoms with Crippen LogP contribution in [0.25, 0.3) is 0 Å². The lowest BCUT2D eigenvalue weighted by molar-refractivity contribution is 0.0523. The summed E-state index contributed by atoms with van der Waals surface area (Å²) in [6, 6.07) is 15.3. The van der Waals surface area contributed by atoms with E-state index >= 15 is 0 Å². The van der Waals surface area contributed by atoms with E-state index in [-0.39, 0.29) is 0 Å². The molecule has 0 aromatic heterocycles. The van der Waals surface area contributed by atoms with Gasteiger partial charge in [-0.3, -0.25) is 0 Å². The van der Waals surface area contributed by atoms with Gasteiger partial charge in [0.1, 0.15) is 18.0 Å². The summed E-state index contributed by atoms with van der Waals surface area (Å²) in [6.07, 6.45) is -0.461.